The van der Waals surface area contributed by atoms with Crippen LogP contribution in [-0.4, -0.2) is 35.7 Å². The summed E-state index contributed by atoms with van der Waals surface area (Å²) in [5.74, 6) is -0.567. The van der Waals surface area contributed by atoms with Gasteiger partial charge in [0, 0.05) is 7.26 Å². The van der Waals surface area contributed by atoms with Gasteiger partial charge in [-0.15, -0.1) is 0 Å². The monoisotopic (exact) mass is 527 g/mol. The molecule has 0 saturated carbocycles. The maximum absolute atomic E-state index is 11.6. The first kappa shape index (κ1) is 35.9. The van der Waals surface area contributed by atoms with Crippen LogP contribution in [0.15, 0.2) is 0 Å². The Hall–Kier alpha value is -0.100. The number of rotatable bonds is 30. The van der Waals surface area contributed by atoms with Gasteiger partial charge in [-0.25, -0.2) is 0 Å². The highest BCUT2D eigenvalue weighted by atomic mass is 31.2. The molecule has 0 spiro atoms. The molecule has 0 aromatic heterocycles. The molecule has 0 heterocycles. The molecule has 0 aromatic rings. The third-order valence-electron chi connectivity index (χ3n) is 8.26. The average molecular weight is 528 g/mol. The lowest BCUT2D eigenvalue weighted by Crippen LogP contribution is -2.15. The summed E-state index contributed by atoms with van der Waals surface area (Å²) in [5, 5.41) is 9.53. The Labute approximate surface area is 228 Å². The topological polar surface area (TPSA) is 37.3 Å². The van der Waals surface area contributed by atoms with E-state index in [1.807, 2.05) is 0 Å². The molecule has 3 heteroatoms. The van der Waals surface area contributed by atoms with Crippen molar-refractivity contribution in [2.75, 3.05) is 24.6 Å². The number of unbranched alkanes of at least 4 members (excludes halogenated alkanes) is 21. The fourth-order valence-corrected chi connectivity index (χ4v) is 10.4. The third-order valence-corrected chi connectivity index (χ3v) is 13.2. The first-order chi connectivity index (χ1) is 17.6. The molecule has 0 aromatic carbocycles. The van der Waals surface area contributed by atoms with Gasteiger partial charge in [-0.3, -0.25) is 4.79 Å². The molecule has 0 aliphatic rings. The van der Waals surface area contributed by atoms with Crippen LogP contribution in [0.5, 0.6) is 0 Å². The lowest BCUT2D eigenvalue weighted by Gasteiger charge is -2.28. The van der Waals surface area contributed by atoms with Gasteiger partial charge in [0.05, 0.1) is 31.1 Å². The Morgan fingerprint density at radius 2 is 0.667 bits per heavy atom. The van der Waals surface area contributed by atoms with E-state index >= 15 is 0 Å². The van der Waals surface area contributed by atoms with Crippen LogP contribution in [0.4, 0.5) is 0 Å². The molecule has 0 bridgehead atoms. The predicted molar refractivity (Wildman–Crippen MR) is 166 cm³/mol. The maximum Gasteiger partial charge on any atom is 0.307 e. The molecule has 36 heavy (non-hydrogen) atoms. The molecule has 1 N–H and O–H groups in total. The first-order valence-corrected chi connectivity index (χ1v) is 19.2. The molecule has 0 aliphatic heterocycles. The molecule has 0 saturated heterocycles. The number of hydrogen-bond donors (Lipinski definition) is 1. The molecule has 0 radical (unpaired) electrons. The Kier molecular flexibility index (Phi) is 27.8. The highest BCUT2D eigenvalue weighted by molar-refractivity contribution is 7.75. The van der Waals surface area contributed by atoms with E-state index in [9.17, 15) is 9.90 Å². The standard InChI is InChI=1S/C33H67O2P/c1-4-7-10-13-16-19-22-25-29-36(32-28-33(34)35,30-26-23-20-17-14-11-8-5-2)31-27-24-21-18-15-12-9-6-3/h4-32H2,1-3H3/p+1. The zero-order chi connectivity index (χ0) is 26.6. The molecule has 0 aliphatic carbocycles. The van der Waals surface area contributed by atoms with Gasteiger partial charge in [-0.2, -0.15) is 0 Å². The average Bonchev–Trinajstić information content (AvgIpc) is 2.87. The zero-order valence-electron chi connectivity index (χ0n) is 25.3. The molecule has 2 nitrogen and oxygen atoms in total. The van der Waals surface area contributed by atoms with Crippen LogP contribution in [0.1, 0.15) is 181 Å². The van der Waals surface area contributed by atoms with E-state index in [0.717, 1.165) is 6.16 Å². The number of carbonyl (C=O) groups is 1. The summed E-state index contributed by atoms with van der Waals surface area (Å²) >= 11 is 0. The van der Waals surface area contributed by atoms with Crippen LogP contribution < -0.4 is 0 Å². The summed E-state index contributed by atoms with van der Waals surface area (Å²) in [4.78, 5) is 11.6. The molecule has 0 atom stereocenters. The summed E-state index contributed by atoms with van der Waals surface area (Å²) in [6, 6.07) is 0. The summed E-state index contributed by atoms with van der Waals surface area (Å²) in [5.41, 5.74) is 0. The quantitative estimate of drug-likeness (QED) is 0.0745. The Morgan fingerprint density at radius 1 is 0.417 bits per heavy atom. The fourth-order valence-electron chi connectivity index (χ4n) is 5.75. The summed E-state index contributed by atoms with van der Waals surface area (Å²) in [6.45, 7) is 6.87. The van der Waals surface area contributed by atoms with Crippen molar-refractivity contribution in [3.05, 3.63) is 0 Å². The second-order valence-corrected chi connectivity index (χ2v) is 16.3. The molecular formula is C33H68O2P+. The van der Waals surface area contributed by atoms with Crippen molar-refractivity contribution in [1.82, 2.24) is 0 Å². The lowest BCUT2D eigenvalue weighted by molar-refractivity contribution is -0.136. The van der Waals surface area contributed by atoms with Crippen molar-refractivity contribution in [2.45, 2.75) is 181 Å². The van der Waals surface area contributed by atoms with Crippen LogP contribution >= 0.6 is 7.26 Å². The van der Waals surface area contributed by atoms with Gasteiger partial charge < -0.3 is 5.11 Å². The SMILES string of the molecule is CCCCCCCCCC[P+](CCCCCCCCCC)(CCCCCCCCCC)CCC(=O)O. The zero-order valence-corrected chi connectivity index (χ0v) is 26.2. The van der Waals surface area contributed by atoms with Gasteiger partial charge in [0.15, 0.2) is 0 Å². The van der Waals surface area contributed by atoms with Crippen molar-refractivity contribution in [1.29, 1.82) is 0 Å². The van der Waals surface area contributed by atoms with Crippen molar-refractivity contribution in [3.63, 3.8) is 0 Å². The Balaban J connectivity index is 4.64. The van der Waals surface area contributed by atoms with Crippen molar-refractivity contribution in [3.8, 4) is 0 Å². The second-order valence-electron chi connectivity index (χ2n) is 11.8. The lowest BCUT2D eigenvalue weighted by atomic mass is 10.1. The van der Waals surface area contributed by atoms with Crippen molar-refractivity contribution in [2.24, 2.45) is 0 Å². The van der Waals surface area contributed by atoms with Gasteiger partial charge in [0.25, 0.3) is 0 Å². The highest BCUT2D eigenvalue weighted by Crippen LogP contribution is 2.61. The highest BCUT2D eigenvalue weighted by Gasteiger charge is 2.36. The summed E-state index contributed by atoms with van der Waals surface area (Å²) in [7, 11) is -1.13. The van der Waals surface area contributed by atoms with Crippen LogP contribution in [0.3, 0.4) is 0 Å². The van der Waals surface area contributed by atoms with Gasteiger partial charge in [0.2, 0.25) is 0 Å². The van der Waals surface area contributed by atoms with Crippen molar-refractivity contribution >= 4 is 13.2 Å². The van der Waals surface area contributed by atoms with Crippen LogP contribution in [-0.2, 0) is 4.79 Å². The fraction of sp³-hybridized carbons (Fsp3) is 0.970. The van der Waals surface area contributed by atoms with E-state index in [1.54, 1.807) is 0 Å². The van der Waals surface area contributed by atoms with Crippen LogP contribution in [0, 0.1) is 0 Å². The molecule has 0 fully saturated rings. The predicted octanol–water partition coefficient (Wildman–Crippen LogP) is 11.9. The van der Waals surface area contributed by atoms with E-state index in [4.69, 9.17) is 0 Å². The Bertz CT molecular complexity index is 401. The van der Waals surface area contributed by atoms with Crippen molar-refractivity contribution < 1.29 is 9.90 Å². The second kappa shape index (κ2) is 27.9. The number of hydrogen-bond acceptors (Lipinski definition) is 1. The van der Waals surface area contributed by atoms with E-state index in [2.05, 4.69) is 20.8 Å². The van der Waals surface area contributed by atoms with E-state index < -0.39 is 13.2 Å². The molecular weight excluding hydrogens is 459 g/mol. The van der Waals surface area contributed by atoms with Gasteiger partial charge in [-0.05, 0) is 38.5 Å². The minimum absolute atomic E-state index is 0.416. The summed E-state index contributed by atoms with van der Waals surface area (Å²) < 4.78 is 0. The van der Waals surface area contributed by atoms with Gasteiger partial charge in [0.1, 0.15) is 0 Å². The normalized spacial score (nSPS) is 11.9. The summed E-state index contributed by atoms with van der Waals surface area (Å²) in [6.07, 6.45) is 38.7. The maximum atomic E-state index is 11.6. The van der Waals surface area contributed by atoms with E-state index in [-0.39, 0.29) is 0 Å². The number of carboxylic acid groups (broad SMARTS) is 1. The van der Waals surface area contributed by atoms with E-state index in [1.165, 1.54) is 173 Å². The Morgan fingerprint density at radius 3 is 0.917 bits per heavy atom. The minimum atomic E-state index is -1.13. The van der Waals surface area contributed by atoms with Gasteiger partial charge in [-0.1, -0.05) is 136 Å². The molecule has 0 unspecified atom stereocenters. The van der Waals surface area contributed by atoms with Crippen LogP contribution in [0.25, 0.3) is 0 Å². The number of carboxylic acids is 1. The van der Waals surface area contributed by atoms with Gasteiger partial charge >= 0.3 is 5.97 Å². The third kappa shape index (κ3) is 24.2. The molecule has 0 amide bonds. The number of aliphatic carboxylic acids is 1. The smallest absolute Gasteiger partial charge is 0.307 e. The van der Waals surface area contributed by atoms with E-state index in [0.29, 0.717) is 6.42 Å². The largest absolute Gasteiger partial charge is 0.481 e. The molecule has 0 rings (SSSR count). The minimum Gasteiger partial charge on any atom is -0.481 e. The molecule has 216 valence electrons. The first-order valence-electron chi connectivity index (χ1n) is 16.7. The van der Waals surface area contributed by atoms with Crippen LogP contribution in [0.2, 0.25) is 0 Å².